The number of carbonyl (C=O) groups excluding carboxylic acids is 2. The number of unbranched alkanes of at least 4 members (excludes halogenated alkanes) is 16. The molecular weight excluding hydrogens is 890 g/mol. The summed E-state index contributed by atoms with van der Waals surface area (Å²) in [6, 6.07) is 0. The molecule has 5 atom stereocenters. The third kappa shape index (κ3) is 46.6. The van der Waals surface area contributed by atoms with E-state index in [9.17, 15) is 43.8 Å². The van der Waals surface area contributed by atoms with E-state index in [0.717, 1.165) is 103 Å². The Labute approximate surface area is 396 Å². The number of carbonyl (C=O) groups is 2. The van der Waals surface area contributed by atoms with Crippen molar-refractivity contribution in [1.29, 1.82) is 0 Å². The van der Waals surface area contributed by atoms with Crippen LogP contribution in [0, 0.1) is 0 Å². The van der Waals surface area contributed by atoms with Gasteiger partial charge in [0.15, 0.2) is 0 Å². The van der Waals surface area contributed by atoms with Crippen LogP contribution in [0.3, 0.4) is 0 Å². The molecule has 0 rings (SSSR count). The molecule has 0 saturated heterocycles. The highest BCUT2D eigenvalue weighted by Crippen LogP contribution is 2.45. The van der Waals surface area contributed by atoms with E-state index >= 15 is 0 Å². The maximum Gasteiger partial charge on any atom is 0.472 e. The van der Waals surface area contributed by atoms with Crippen LogP contribution in [0.25, 0.3) is 0 Å². The number of hydrogen-bond donors (Lipinski definition) is 5. The zero-order valence-corrected chi connectivity index (χ0v) is 41.9. The molecule has 0 saturated carbocycles. The lowest BCUT2D eigenvalue weighted by Gasteiger charge is -2.19. The number of esters is 2. The first-order chi connectivity index (χ1) is 31.8. The van der Waals surface area contributed by atoms with Gasteiger partial charge in [-0.3, -0.25) is 27.7 Å². The van der Waals surface area contributed by atoms with E-state index < -0.39 is 85.5 Å². The highest BCUT2D eigenvalue weighted by atomic mass is 31.2. The van der Waals surface area contributed by atoms with Crippen molar-refractivity contribution in [2.75, 3.05) is 39.6 Å². The molecule has 15 nitrogen and oxygen atoms in total. The number of phosphoric acid groups is 2. The maximum atomic E-state index is 12.2. The Morgan fingerprint density at radius 1 is 0.424 bits per heavy atom. The van der Waals surface area contributed by atoms with E-state index in [4.69, 9.17) is 9.47 Å². The molecular formula is C49H86O15P2. The van der Waals surface area contributed by atoms with Crippen molar-refractivity contribution in [3.05, 3.63) is 72.9 Å². The molecule has 5 N–H and O–H groups in total. The molecule has 0 aliphatic carbocycles. The van der Waals surface area contributed by atoms with Crippen LogP contribution in [0.15, 0.2) is 72.9 Å². The van der Waals surface area contributed by atoms with E-state index in [1.807, 2.05) is 18.2 Å². The quantitative estimate of drug-likeness (QED) is 0.0126. The highest BCUT2D eigenvalue weighted by molar-refractivity contribution is 7.47. The summed E-state index contributed by atoms with van der Waals surface area (Å²) >= 11 is 0. The maximum absolute atomic E-state index is 12.2. The Bertz CT molecular complexity index is 1460. The van der Waals surface area contributed by atoms with Crippen LogP contribution in [0.5, 0.6) is 0 Å². The molecule has 382 valence electrons. The average Bonchev–Trinajstić information content (AvgIpc) is 3.29. The molecule has 0 aromatic heterocycles. The molecule has 0 radical (unpaired) electrons. The van der Waals surface area contributed by atoms with Gasteiger partial charge in [-0.15, -0.1) is 0 Å². The fourth-order valence-corrected chi connectivity index (χ4v) is 7.52. The lowest BCUT2D eigenvalue weighted by atomic mass is 10.1. The number of aliphatic hydroxyl groups excluding tert-OH is 3. The van der Waals surface area contributed by atoms with Crippen LogP contribution in [-0.2, 0) is 46.3 Å². The van der Waals surface area contributed by atoms with Gasteiger partial charge in [-0.05, 0) is 70.6 Å². The minimum absolute atomic E-state index is 0.179. The van der Waals surface area contributed by atoms with Crippen LogP contribution in [0.2, 0.25) is 0 Å². The number of ether oxygens (including phenoxy) is 2. The third-order valence-electron chi connectivity index (χ3n) is 9.71. The Kier molecular flexibility index (Phi) is 43.2. The van der Waals surface area contributed by atoms with Crippen molar-refractivity contribution in [1.82, 2.24) is 0 Å². The fourth-order valence-electron chi connectivity index (χ4n) is 5.92. The van der Waals surface area contributed by atoms with Gasteiger partial charge in [-0.2, -0.15) is 0 Å². The average molecular weight is 977 g/mol. The second-order valence-electron chi connectivity index (χ2n) is 16.2. The normalized spacial score (nSPS) is 15.7. The van der Waals surface area contributed by atoms with Crippen molar-refractivity contribution in [3.63, 3.8) is 0 Å². The second kappa shape index (κ2) is 45.0. The number of hydrogen-bond acceptors (Lipinski definition) is 13. The smallest absolute Gasteiger partial charge is 0.463 e. The minimum atomic E-state index is -4.79. The summed E-state index contributed by atoms with van der Waals surface area (Å²) in [5.74, 6) is -1.02. The molecule has 0 spiro atoms. The molecule has 66 heavy (non-hydrogen) atoms. The summed E-state index contributed by atoms with van der Waals surface area (Å²) in [5.41, 5.74) is 0. The van der Waals surface area contributed by atoms with Gasteiger partial charge in [0.1, 0.15) is 31.5 Å². The van der Waals surface area contributed by atoms with Crippen LogP contribution >= 0.6 is 15.6 Å². The predicted molar refractivity (Wildman–Crippen MR) is 260 cm³/mol. The molecule has 0 bridgehead atoms. The Balaban J connectivity index is 3.91. The predicted octanol–water partition coefficient (Wildman–Crippen LogP) is 11.2. The van der Waals surface area contributed by atoms with Crippen LogP contribution < -0.4 is 0 Å². The number of allylic oxidation sites excluding steroid dienone is 12. The zero-order chi connectivity index (χ0) is 48.8. The van der Waals surface area contributed by atoms with E-state index in [1.165, 1.54) is 25.7 Å². The Hall–Kier alpha value is -2.52. The number of rotatable bonds is 46. The minimum Gasteiger partial charge on any atom is -0.463 e. The number of aliphatic hydroxyl groups is 3. The highest BCUT2D eigenvalue weighted by Gasteiger charge is 2.28. The first-order valence-electron chi connectivity index (χ1n) is 24.3. The standard InChI is InChI=1S/C49H86O15P2/c1-3-5-7-9-11-13-15-17-19-20-21-22-24-26-28-30-32-34-36-38-49(54)60-40-46(51)42-62-66(57,58)64-44-47(52)43-63-65(55,56)61-41-45(50)39-59-48(53)37-35-33-31-29-27-25-23-18-16-14-12-10-8-6-4-2/h6,8,10-14,16-17,19,21-22,45-47,50-52H,3-5,7,9,15,18,20,23-44H2,1-2H3,(H,55,56)(H,57,58)/b8-6+,12-10+,13-11-,16-14+,19-17-,22-21-. The largest absolute Gasteiger partial charge is 0.472 e. The molecule has 0 aromatic carbocycles. The van der Waals surface area contributed by atoms with Gasteiger partial charge in [0, 0.05) is 12.8 Å². The van der Waals surface area contributed by atoms with Crippen LogP contribution in [0.1, 0.15) is 168 Å². The summed E-state index contributed by atoms with van der Waals surface area (Å²) in [7, 11) is -9.59. The Morgan fingerprint density at radius 3 is 1.17 bits per heavy atom. The topological polar surface area (TPSA) is 225 Å². The molecule has 0 aromatic rings. The second-order valence-corrected chi connectivity index (χ2v) is 19.1. The van der Waals surface area contributed by atoms with Gasteiger partial charge < -0.3 is 34.6 Å². The Morgan fingerprint density at radius 2 is 0.758 bits per heavy atom. The van der Waals surface area contributed by atoms with Crippen LogP contribution in [-0.4, -0.2) is 95.0 Å². The van der Waals surface area contributed by atoms with Crippen molar-refractivity contribution in [3.8, 4) is 0 Å². The first kappa shape index (κ1) is 63.5. The van der Waals surface area contributed by atoms with Crippen molar-refractivity contribution in [2.45, 2.75) is 186 Å². The lowest BCUT2D eigenvalue weighted by Crippen LogP contribution is -2.25. The van der Waals surface area contributed by atoms with Crippen molar-refractivity contribution in [2.24, 2.45) is 0 Å². The van der Waals surface area contributed by atoms with Gasteiger partial charge in [0.2, 0.25) is 0 Å². The summed E-state index contributed by atoms with van der Waals surface area (Å²) in [6.07, 6.45) is 44.5. The van der Waals surface area contributed by atoms with Crippen molar-refractivity contribution < 1.29 is 71.4 Å². The van der Waals surface area contributed by atoms with Gasteiger partial charge in [-0.25, -0.2) is 9.13 Å². The van der Waals surface area contributed by atoms with Crippen LogP contribution in [0.4, 0.5) is 0 Å². The van der Waals surface area contributed by atoms with Crippen molar-refractivity contribution >= 4 is 27.6 Å². The fraction of sp³-hybridized carbons (Fsp3) is 0.714. The third-order valence-corrected chi connectivity index (χ3v) is 11.6. The summed E-state index contributed by atoms with van der Waals surface area (Å²) < 4.78 is 53.0. The molecule has 17 heteroatoms. The zero-order valence-electron chi connectivity index (χ0n) is 40.1. The van der Waals surface area contributed by atoms with Gasteiger partial charge in [0.25, 0.3) is 0 Å². The first-order valence-corrected chi connectivity index (χ1v) is 27.3. The lowest BCUT2D eigenvalue weighted by molar-refractivity contribution is -0.148. The molecule has 0 aliphatic heterocycles. The number of phosphoric ester groups is 2. The van der Waals surface area contributed by atoms with E-state index in [1.54, 1.807) is 0 Å². The SMILES string of the molecule is CC/C=C/C=C/C=C/CCCCCCCCCC(=O)OCC(O)COP(=O)(O)OCC(O)COP(=O)(O)OCC(O)COC(=O)CCCCCCCC/C=C\C/C=C\C/C=C\CCCCC. The van der Waals surface area contributed by atoms with Gasteiger partial charge in [-0.1, -0.05) is 157 Å². The molecule has 0 aliphatic rings. The molecule has 5 unspecified atom stereocenters. The van der Waals surface area contributed by atoms with Gasteiger partial charge in [0.05, 0.1) is 26.4 Å². The summed E-state index contributed by atoms with van der Waals surface area (Å²) in [5, 5.41) is 30.0. The van der Waals surface area contributed by atoms with Gasteiger partial charge >= 0.3 is 27.6 Å². The summed E-state index contributed by atoms with van der Waals surface area (Å²) in [6.45, 7) is 0.221. The molecule has 0 heterocycles. The molecule has 0 fully saturated rings. The van der Waals surface area contributed by atoms with E-state index in [2.05, 4.69) is 86.6 Å². The monoisotopic (exact) mass is 977 g/mol. The van der Waals surface area contributed by atoms with E-state index in [-0.39, 0.29) is 12.8 Å². The summed E-state index contributed by atoms with van der Waals surface area (Å²) in [4.78, 5) is 43.8. The van der Waals surface area contributed by atoms with E-state index in [0.29, 0.717) is 12.8 Å². The molecule has 0 amide bonds.